The van der Waals surface area contributed by atoms with Crippen molar-refractivity contribution in [2.45, 2.75) is 20.8 Å². The van der Waals surface area contributed by atoms with Gasteiger partial charge in [0.2, 0.25) is 0 Å². The lowest BCUT2D eigenvalue weighted by Gasteiger charge is -2.09. The highest BCUT2D eigenvalue weighted by atomic mass is 16.6. The third-order valence-electron chi connectivity index (χ3n) is 1.92. The Morgan fingerprint density at radius 1 is 1.36 bits per heavy atom. The molecule has 0 aliphatic carbocycles. The largest absolute Gasteiger partial charge is 0.408 e. The Morgan fingerprint density at radius 3 is 2.50 bits per heavy atom. The van der Waals surface area contributed by atoms with Gasteiger partial charge in [-0.2, -0.15) is 5.48 Å². The van der Waals surface area contributed by atoms with Crippen LogP contribution < -0.4 is 5.48 Å². The maximum atomic E-state index is 5.38. The summed E-state index contributed by atoms with van der Waals surface area (Å²) in [6, 6.07) is 8.27. The van der Waals surface area contributed by atoms with Crippen LogP contribution >= 0.6 is 0 Å². The SMILES string of the molecule is C/C=C(/ONCC)c1ccc(C)cc1. The van der Waals surface area contributed by atoms with Crippen molar-refractivity contribution in [2.24, 2.45) is 0 Å². The zero-order valence-corrected chi connectivity index (χ0v) is 9.00. The number of rotatable bonds is 4. The molecule has 0 heterocycles. The molecule has 0 atom stereocenters. The number of hydroxylamine groups is 1. The van der Waals surface area contributed by atoms with Crippen LogP contribution in [0, 0.1) is 6.92 Å². The number of aryl methyl sites for hydroxylation is 1. The average molecular weight is 191 g/mol. The predicted molar refractivity (Wildman–Crippen MR) is 59.6 cm³/mol. The molecule has 0 saturated heterocycles. The lowest BCUT2D eigenvalue weighted by molar-refractivity contribution is 0.164. The first kappa shape index (κ1) is 10.8. The molecule has 1 N–H and O–H groups in total. The van der Waals surface area contributed by atoms with E-state index in [-0.39, 0.29) is 0 Å². The fourth-order valence-corrected chi connectivity index (χ4v) is 1.15. The van der Waals surface area contributed by atoms with Gasteiger partial charge in [0.25, 0.3) is 0 Å². The third kappa shape index (κ3) is 2.89. The van der Waals surface area contributed by atoms with Gasteiger partial charge in [-0.1, -0.05) is 29.8 Å². The summed E-state index contributed by atoms with van der Waals surface area (Å²) in [4.78, 5) is 5.38. The second-order valence-corrected chi connectivity index (χ2v) is 3.12. The summed E-state index contributed by atoms with van der Waals surface area (Å²) >= 11 is 0. The highest BCUT2D eigenvalue weighted by Gasteiger charge is 2.00. The van der Waals surface area contributed by atoms with E-state index < -0.39 is 0 Å². The first-order valence-corrected chi connectivity index (χ1v) is 4.91. The van der Waals surface area contributed by atoms with Gasteiger partial charge < -0.3 is 4.84 Å². The van der Waals surface area contributed by atoms with Crippen molar-refractivity contribution in [1.29, 1.82) is 0 Å². The number of benzene rings is 1. The van der Waals surface area contributed by atoms with E-state index in [1.165, 1.54) is 5.56 Å². The van der Waals surface area contributed by atoms with Gasteiger partial charge in [-0.3, -0.25) is 0 Å². The van der Waals surface area contributed by atoms with Gasteiger partial charge in [0, 0.05) is 12.1 Å². The molecule has 0 spiro atoms. The van der Waals surface area contributed by atoms with Crippen LogP contribution in [0.25, 0.3) is 5.76 Å². The van der Waals surface area contributed by atoms with Crippen LogP contribution in [-0.2, 0) is 4.84 Å². The molecular weight excluding hydrogens is 174 g/mol. The van der Waals surface area contributed by atoms with E-state index in [9.17, 15) is 0 Å². The van der Waals surface area contributed by atoms with Gasteiger partial charge in [0.05, 0.1) is 0 Å². The Hall–Kier alpha value is -1.28. The summed E-state index contributed by atoms with van der Waals surface area (Å²) in [7, 11) is 0. The Bertz CT molecular complexity index is 301. The van der Waals surface area contributed by atoms with Crippen molar-refractivity contribution in [3.8, 4) is 0 Å². The number of nitrogens with one attached hydrogen (secondary N) is 1. The summed E-state index contributed by atoms with van der Waals surface area (Å²) in [5, 5.41) is 0. The maximum Gasteiger partial charge on any atom is 0.150 e. The number of hydrogen-bond acceptors (Lipinski definition) is 2. The summed E-state index contributed by atoms with van der Waals surface area (Å²) < 4.78 is 0. The van der Waals surface area contributed by atoms with E-state index >= 15 is 0 Å². The summed E-state index contributed by atoms with van der Waals surface area (Å²) in [6.45, 7) is 6.84. The van der Waals surface area contributed by atoms with Crippen LogP contribution in [0.5, 0.6) is 0 Å². The highest BCUT2D eigenvalue weighted by Crippen LogP contribution is 2.14. The predicted octanol–water partition coefficient (Wildman–Crippen LogP) is 2.90. The standard InChI is InChI=1S/C12H17NO/c1-4-12(14-13-5-2)11-8-6-10(3)7-9-11/h4,6-9,13H,5H2,1-3H3/b12-4+. The monoisotopic (exact) mass is 191 g/mol. The average Bonchev–Trinajstić information content (AvgIpc) is 2.21. The van der Waals surface area contributed by atoms with Crippen LogP contribution in [0.4, 0.5) is 0 Å². The molecule has 0 aromatic heterocycles. The minimum atomic E-state index is 0.795. The smallest absolute Gasteiger partial charge is 0.150 e. The molecule has 0 unspecified atom stereocenters. The summed E-state index contributed by atoms with van der Waals surface area (Å²) in [6.07, 6.45) is 1.95. The van der Waals surface area contributed by atoms with E-state index in [4.69, 9.17) is 4.84 Å². The molecule has 1 aromatic rings. The molecule has 2 nitrogen and oxygen atoms in total. The quantitative estimate of drug-likeness (QED) is 0.583. The van der Waals surface area contributed by atoms with Crippen LogP contribution in [0.3, 0.4) is 0 Å². The van der Waals surface area contributed by atoms with E-state index in [0.29, 0.717) is 0 Å². The third-order valence-corrected chi connectivity index (χ3v) is 1.92. The minimum Gasteiger partial charge on any atom is -0.408 e. The van der Waals surface area contributed by atoms with Crippen molar-refractivity contribution in [3.05, 3.63) is 41.5 Å². The Labute approximate surface area is 85.5 Å². The molecule has 0 bridgehead atoms. The van der Waals surface area contributed by atoms with Crippen LogP contribution in [0.1, 0.15) is 25.0 Å². The van der Waals surface area contributed by atoms with E-state index in [1.807, 2.05) is 19.9 Å². The normalized spacial score (nSPS) is 11.5. The summed E-state index contributed by atoms with van der Waals surface area (Å²) in [5.41, 5.74) is 5.20. The van der Waals surface area contributed by atoms with Gasteiger partial charge in [-0.25, -0.2) is 0 Å². The zero-order valence-electron chi connectivity index (χ0n) is 9.00. The lowest BCUT2D eigenvalue weighted by Crippen LogP contribution is -2.12. The fraction of sp³-hybridized carbons (Fsp3) is 0.333. The molecule has 0 amide bonds. The number of allylic oxidation sites excluding steroid dienone is 1. The molecule has 1 aromatic carbocycles. The molecule has 0 fully saturated rings. The Kier molecular flexibility index (Phi) is 4.20. The van der Waals surface area contributed by atoms with E-state index in [2.05, 4.69) is 36.7 Å². The van der Waals surface area contributed by atoms with Gasteiger partial charge in [-0.05, 0) is 26.8 Å². The van der Waals surface area contributed by atoms with Crippen molar-refractivity contribution in [1.82, 2.24) is 5.48 Å². The second-order valence-electron chi connectivity index (χ2n) is 3.12. The van der Waals surface area contributed by atoms with Gasteiger partial charge in [0.1, 0.15) is 5.76 Å². The molecule has 1 rings (SSSR count). The van der Waals surface area contributed by atoms with Gasteiger partial charge in [-0.15, -0.1) is 0 Å². The van der Waals surface area contributed by atoms with E-state index in [1.54, 1.807) is 0 Å². The Morgan fingerprint density at radius 2 is 2.00 bits per heavy atom. The second kappa shape index (κ2) is 5.45. The first-order valence-electron chi connectivity index (χ1n) is 4.91. The van der Waals surface area contributed by atoms with Crippen LogP contribution in [0.2, 0.25) is 0 Å². The maximum absolute atomic E-state index is 5.38. The molecular formula is C12H17NO. The first-order chi connectivity index (χ1) is 6.77. The molecule has 76 valence electrons. The Balaban J connectivity index is 2.75. The number of hydrogen-bond donors (Lipinski definition) is 1. The molecule has 0 aliphatic rings. The molecule has 2 heteroatoms. The topological polar surface area (TPSA) is 21.3 Å². The molecule has 0 radical (unpaired) electrons. The van der Waals surface area contributed by atoms with Crippen LogP contribution in [0.15, 0.2) is 30.3 Å². The fourth-order valence-electron chi connectivity index (χ4n) is 1.15. The molecule has 14 heavy (non-hydrogen) atoms. The van der Waals surface area contributed by atoms with Gasteiger partial charge in [0.15, 0.2) is 0 Å². The molecule has 0 aliphatic heterocycles. The highest BCUT2D eigenvalue weighted by molar-refractivity contribution is 5.59. The van der Waals surface area contributed by atoms with Gasteiger partial charge >= 0.3 is 0 Å². The van der Waals surface area contributed by atoms with Crippen molar-refractivity contribution >= 4 is 5.76 Å². The lowest BCUT2D eigenvalue weighted by atomic mass is 10.1. The summed E-state index contributed by atoms with van der Waals surface area (Å²) in [5.74, 6) is 0.867. The molecule has 0 saturated carbocycles. The van der Waals surface area contributed by atoms with Crippen molar-refractivity contribution in [2.75, 3.05) is 6.54 Å². The van der Waals surface area contributed by atoms with Crippen molar-refractivity contribution in [3.63, 3.8) is 0 Å². The zero-order chi connectivity index (χ0) is 10.4. The van der Waals surface area contributed by atoms with E-state index in [0.717, 1.165) is 17.9 Å². The minimum absolute atomic E-state index is 0.795. The van der Waals surface area contributed by atoms with Crippen molar-refractivity contribution < 1.29 is 4.84 Å². The van der Waals surface area contributed by atoms with Crippen LogP contribution in [-0.4, -0.2) is 6.54 Å².